The van der Waals surface area contributed by atoms with Crippen LogP contribution in [0, 0.1) is 23.7 Å². The summed E-state index contributed by atoms with van der Waals surface area (Å²) in [6.07, 6.45) is 60.4. The molecule has 0 spiro atoms. The van der Waals surface area contributed by atoms with Crippen molar-refractivity contribution in [2.45, 2.75) is 302 Å². The molecule has 3 aliphatic rings. The average Bonchev–Trinajstić information content (AvgIpc) is 3.34. The lowest BCUT2D eigenvalue weighted by Crippen LogP contribution is -2.18. The predicted molar refractivity (Wildman–Crippen MR) is 295 cm³/mol. The standard InChI is InChI=1S/C65H106O2/c1-65(2)61-51-55-63(56-52-61)66-59-49-47-45-43-41-39-37-35-33-31-29-27-25-23-21-19-17-15-13-11-9-7-5-3-4-6-8-10-12-14-16-18-20-22-24-26-28-30-32-34-36-38-40-42-44-46-48-50-60-67-64-57-53-62(65)54-58-64/h51-58H,7-50,59-60H2,1-2H3. The number of benzene rings is 2. The molecular formula is C65H106O2. The molecule has 0 saturated carbocycles. The van der Waals surface area contributed by atoms with Gasteiger partial charge in [0.2, 0.25) is 0 Å². The molecule has 0 saturated heterocycles. The van der Waals surface area contributed by atoms with Crippen LogP contribution in [-0.4, -0.2) is 13.2 Å². The Morgan fingerprint density at radius 3 is 0.687 bits per heavy atom. The molecule has 2 aromatic carbocycles. The molecule has 0 aliphatic carbocycles. The third-order valence-electron chi connectivity index (χ3n) is 14.8. The second-order valence-corrected chi connectivity index (χ2v) is 21.3. The molecule has 0 N–H and O–H groups in total. The first-order valence-electron chi connectivity index (χ1n) is 29.6. The lowest BCUT2D eigenvalue weighted by Gasteiger charge is -2.26. The Labute approximate surface area is 417 Å². The van der Waals surface area contributed by atoms with Gasteiger partial charge in [-0.2, -0.15) is 0 Å². The third kappa shape index (κ3) is 33.4. The number of hydrogen-bond donors (Lipinski definition) is 0. The maximum absolute atomic E-state index is 6.15. The van der Waals surface area contributed by atoms with Crippen LogP contribution < -0.4 is 9.47 Å². The smallest absolute Gasteiger partial charge is 0.119 e. The lowest BCUT2D eigenvalue weighted by molar-refractivity contribution is 0.304. The number of ether oxygens (including phenoxy) is 2. The van der Waals surface area contributed by atoms with E-state index in [-0.39, 0.29) is 5.41 Å². The van der Waals surface area contributed by atoms with Crippen LogP contribution in [0.5, 0.6) is 11.5 Å². The van der Waals surface area contributed by atoms with Crippen molar-refractivity contribution >= 4 is 0 Å². The largest absolute Gasteiger partial charge is 0.494 e. The van der Waals surface area contributed by atoms with E-state index in [0.29, 0.717) is 0 Å². The first-order valence-corrected chi connectivity index (χ1v) is 29.6. The van der Waals surface area contributed by atoms with Crippen molar-refractivity contribution in [1.29, 1.82) is 0 Å². The van der Waals surface area contributed by atoms with Crippen LogP contribution in [0.1, 0.15) is 307 Å². The van der Waals surface area contributed by atoms with Crippen molar-refractivity contribution in [2.24, 2.45) is 0 Å². The summed E-state index contributed by atoms with van der Waals surface area (Å²) in [5.41, 5.74) is 2.55. The second-order valence-electron chi connectivity index (χ2n) is 21.3. The Hall–Kier alpha value is -2.84. The van der Waals surface area contributed by atoms with E-state index in [4.69, 9.17) is 9.47 Å². The molecule has 5 rings (SSSR count). The van der Waals surface area contributed by atoms with Crippen molar-refractivity contribution in [3.8, 4) is 35.2 Å². The highest BCUT2D eigenvalue weighted by atomic mass is 16.5. The van der Waals surface area contributed by atoms with Gasteiger partial charge in [-0.05, 0) is 72.9 Å². The van der Waals surface area contributed by atoms with Crippen LogP contribution in [0.4, 0.5) is 0 Å². The van der Waals surface area contributed by atoms with Crippen LogP contribution in [0.2, 0.25) is 0 Å². The van der Waals surface area contributed by atoms with Crippen molar-refractivity contribution in [1.82, 2.24) is 0 Å². The molecule has 2 heteroatoms. The van der Waals surface area contributed by atoms with Gasteiger partial charge < -0.3 is 9.47 Å². The van der Waals surface area contributed by atoms with Crippen LogP contribution in [0.3, 0.4) is 0 Å². The van der Waals surface area contributed by atoms with E-state index in [1.807, 2.05) is 0 Å². The average molecular weight is 920 g/mol. The number of fused-ring (bicyclic) bond motifs is 2. The minimum Gasteiger partial charge on any atom is -0.494 e. The number of rotatable bonds is 0. The van der Waals surface area contributed by atoms with Crippen LogP contribution >= 0.6 is 0 Å². The van der Waals surface area contributed by atoms with Crippen molar-refractivity contribution in [2.75, 3.05) is 13.2 Å². The lowest BCUT2D eigenvalue weighted by atomic mass is 9.78. The van der Waals surface area contributed by atoms with Gasteiger partial charge in [0, 0.05) is 18.3 Å². The topological polar surface area (TPSA) is 18.5 Å². The van der Waals surface area contributed by atoms with Gasteiger partial charge in [-0.1, -0.05) is 294 Å². The van der Waals surface area contributed by atoms with Crippen molar-refractivity contribution in [3.05, 3.63) is 59.7 Å². The summed E-state index contributed by atoms with van der Waals surface area (Å²) in [6, 6.07) is 17.6. The predicted octanol–water partition coefficient (Wildman–Crippen LogP) is 21.0. The fourth-order valence-electron chi connectivity index (χ4n) is 10.0. The minimum absolute atomic E-state index is 0.0777. The molecule has 0 unspecified atom stereocenters. The molecule has 0 aromatic heterocycles. The molecule has 378 valence electrons. The molecule has 4 bridgehead atoms. The van der Waals surface area contributed by atoms with E-state index in [9.17, 15) is 0 Å². The van der Waals surface area contributed by atoms with Gasteiger partial charge >= 0.3 is 0 Å². The normalized spacial score (nSPS) is 21.0. The van der Waals surface area contributed by atoms with E-state index in [1.165, 1.54) is 268 Å². The van der Waals surface area contributed by atoms with Crippen molar-refractivity contribution in [3.63, 3.8) is 0 Å². The van der Waals surface area contributed by atoms with E-state index < -0.39 is 0 Å². The molecular weight excluding hydrogens is 813 g/mol. The Morgan fingerprint density at radius 1 is 0.269 bits per heavy atom. The molecule has 0 radical (unpaired) electrons. The third-order valence-corrected chi connectivity index (χ3v) is 14.8. The second kappa shape index (κ2) is 43.2. The summed E-state index contributed by atoms with van der Waals surface area (Å²) in [7, 11) is 0. The van der Waals surface area contributed by atoms with E-state index in [0.717, 1.165) is 50.4 Å². The molecule has 67 heavy (non-hydrogen) atoms. The van der Waals surface area contributed by atoms with E-state index >= 15 is 0 Å². The Balaban J connectivity index is 1.25. The Bertz CT molecular complexity index is 1380. The van der Waals surface area contributed by atoms with Gasteiger partial charge in [0.15, 0.2) is 0 Å². The SMILES string of the molecule is CC1(C)c2ccc(cc2)OCCCCCCCCCCCCCCCCCCCCCCCC#CC#CCCCCCCCCCCCCCCCCCCCCCCCOc2ccc1cc2. The Kier molecular flexibility index (Phi) is 37.7. The summed E-state index contributed by atoms with van der Waals surface area (Å²) >= 11 is 0. The van der Waals surface area contributed by atoms with Crippen LogP contribution in [-0.2, 0) is 5.41 Å². The molecule has 3 heterocycles. The summed E-state index contributed by atoms with van der Waals surface area (Å²) in [6.45, 7) is 6.27. The molecule has 2 aromatic rings. The maximum Gasteiger partial charge on any atom is 0.119 e. The van der Waals surface area contributed by atoms with Gasteiger partial charge in [-0.3, -0.25) is 0 Å². The maximum atomic E-state index is 6.15. The summed E-state index contributed by atoms with van der Waals surface area (Å²) in [4.78, 5) is 0. The zero-order chi connectivity index (χ0) is 47.2. The highest BCUT2D eigenvalue weighted by molar-refractivity contribution is 5.41. The fraction of sp³-hybridized carbons (Fsp3) is 0.754. The van der Waals surface area contributed by atoms with Gasteiger partial charge in [0.05, 0.1) is 13.2 Å². The van der Waals surface area contributed by atoms with Gasteiger partial charge in [-0.25, -0.2) is 0 Å². The van der Waals surface area contributed by atoms with Gasteiger partial charge in [-0.15, -0.1) is 0 Å². The summed E-state index contributed by atoms with van der Waals surface area (Å²) in [5, 5.41) is 0. The van der Waals surface area contributed by atoms with E-state index in [1.54, 1.807) is 0 Å². The highest BCUT2D eigenvalue weighted by Crippen LogP contribution is 2.33. The van der Waals surface area contributed by atoms with Crippen LogP contribution in [0.15, 0.2) is 48.5 Å². The zero-order valence-corrected chi connectivity index (χ0v) is 44.5. The molecule has 3 aliphatic heterocycles. The Morgan fingerprint density at radius 2 is 0.463 bits per heavy atom. The molecule has 0 amide bonds. The molecule has 0 fully saturated rings. The minimum atomic E-state index is -0.0777. The summed E-state index contributed by atoms with van der Waals surface area (Å²) < 4.78 is 12.3. The summed E-state index contributed by atoms with van der Waals surface area (Å²) in [5.74, 6) is 14.8. The molecule has 0 atom stereocenters. The van der Waals surface area contributed by atoms with Crippen molar-refractivity contribution < 1.29 is 9.47 Å². The molecule has 2 nitrogen and oxygen atoms in total. The quantitative estimate of drug-likeness (QED) is 0.245. The van der Waals surface area contributed by atoms with E-state index in [2.05, 4.69) is 86.1 Å². The number of hydrogen-bond acceptors (Lipinski definition) is 2. The zero-order valence-electron chi connectivity index (χ0n) is 44.5. The fourth-order valence-corrected chi connectivity index (χ4v) is 10.0. The highest BCUT2D eigenvalue weighted by Gasteiger charge is 2.23. The monoisotopic (exact) mass is 919 g/mol. The first kappa shape index (κ1) is 58.5. The van der Waals surface area contributed by atoms with Crippen LogP contribution in [0.25, 0.3) is 0 Å². The van der Waals surface area contributed by atoms with Gasteiger partial charge in [0.1, 0.15) is 11.5 Å². The van der Waals surface area contributed by atoms with Gasteiger partial charge in [0.25, 0.3) is 0 Å². The first-order chi connectivity index (χ1) is 33.2.